The number of carbonyl (C=O) groups is 2. The molecule has 30 heavy (non-hydrogen) atoms. The molecule has 0 fully saturated rings. The zero-order valence-electron chi connectivity index (χ0n) is 15.5. The second-order valence-corrected chi connectivity index (χ2v) is 8.24. The predicted octanol–water partition coefficient (Wildman–Crippen LogP) is 3.03. The monoisotopic (exact) mass is 456 g/mol. The average molecular weight is 456 g/mol. The van der Waals surface area contributed by atoms with Crippen LogP contribution in [0.1, 0.15) is 20.4 Å². The van der Waals surface area contributed by atoms with Crippen LogP contribution in [0.5, 0.6) is 0 Å². The van der Waals surface area contributed by atoms with Crippen LogP contribution < -0.4 is 0 Å². The van der Waals surface area contributed by atoms with Crippen LogP contribution in [0.4, 0.5) is 13.2 Å². The van der Waals surface area contributed by atoms with Crippen LogP contribution in [-0.4, -0.2) is 56.1 Å². The van der Waals surface area contributed by atoms with Gasteiger partial charge in [-0.25, -0.2) is 15.0 Å². The number of fused-ring (bicyclic) bond motifs is 1. The van der Waals surface area contributed by atoms with Gasteiger partial charge in [-0.05, 0) is 24.3 Å². The van der Waals surface area contributed by atoms with Crippen molar-refractivity contribution >= 4 is 45.8 Å². The lowest BCUT2D eigenvalue weighted by Gasteiger charge is -2.14. The highest BCUT2D eigenvalue weighted by Crippen LogP contribution is 2.32. The summed E-state index contributed by atoms with van der Waals surface area (Å²) in [5.74, 6) is -2.16. The molecule has 1 N–H and O–H groups in total. The molecule has 1 amide bonds. The van der Waals surface area contributed by atoms with Crippen LogP contribution in [-0.2, 0) is 17.5 Å². The summed E-state index contributed by atoms with van der Waals surface area (Å²) in [5, 5.41) is 9.23. The number of amides is 1. The Bertz CT molecular complexity index is 1090. The molecule has 0 bridgehead atoms. The molecule has 3 aromatic rings. The van der Waals surface area contributed by atoms with E-state index < -0.39 is 24.5 Å². The second-order valence-electron chi connectivity index (χ2n) is 6.11. The van der Waals surface area contributed by atoms with Crippen molar-refractivity contribution in [2.24, 2.45) is 0 Å². The second kappa shape index (κ2) is 9.06. The topological polar surface area (TPSA) is 96.3 Å². The summed E-state index contributed by atoms with van der Waals surface area (Å²) in [6, 6.07) is 6.39. The first-order chi connectivity index (χ1) is 14.2. The maximum Gasteiger partial charge on any atom is 0.451 e. The third-order valence-corrected chi connectivity index (χ3v) is 6.02. The van der Waals surface area contributed by atoms with Crippen LogP contribution >= 0.6 is 23.1 Å². The molecule has 0 saturated carbocycles. The standard InChI is InChI=1S/C18H15F3N4O3S2/c1-25(14(28)8-26)7-10-4-5-13(30-10)12(27)9-29-16-11-3-2-6-22-15(11)23-17(24-16)18(19,20)21/h2-6,26H,7-9H2,1H3. The van der Waals surface area contributed by atoms with Gasteiger partial charge in [0.05, 0.1) is 22.6 Å². The molecular formula is C18H15F3N4O3S2. The summed E-state index contributed by atoms with van der Waals surface area (Å²) >= 11 is 2.06. The molecule has 12 heteroatoms. The molecule has 0 unspecified atom stereocenters. The van der Waals surface area contributed by atoms with Gasteiger partial charge in [0.2, 0.25) is 11.7 Å². The molecule has 158 valence electrons. The van der Waals surface area contributed by atoms with Crippen LogP contribution in [0, 0.1) is 0 Å². The first kappa shape index (κ1) is 22.1. The number of aliphatic hydroxyl groups excluding tert-OH is 1. The van der Waals surface area contributed by atoms with Gasteiger partial charge in [-0.2, -0.15) is 13.2 Å². The number of thioether (sulfide) groups is 1. The quantitative estimate of drug-likeness (QED) is 0.332. The molecule has 7 nitrogen and oxygen atoms in total. The Labute approximate surface area is 177 Å². The Kier molecular flexibility index (Phi) is 6.68. The fraction of sp³-hybridized carbons (Fsp3) is 0.278. The summed E-state index contributed by atoms with van der Waals surface area (Å²) in [6.45, 7) is -0.367. The van der Waals surface area contributed by atoms with Gasteiger partial charge in [0.1, 0.15) is 11.6 Å². The predicted molar refractivity (Wildman–Crippen MR) is 105 cm³/mol. The maximum absolute atomic E-state index is 13.1. The number of likely N-dealkylation sites (N-methyl/N-ethyl adjacent to an activating group) is 1. The number of alkyl halides is 3. The smallest absolute Gasteiger partial charge is 0.387 e. The van der Waals surface area contributed by atoms with Crippen molar-refractivity contribution in [1.29, 1.82) is 0 Å². The summed E-state index contributed by atoms with van der Waals surface area (Å²) < 4.78 is 39.2. The van der Waals surface area contributed by atoms with Crippen molar-refractivity contribution in [2.45, 2.75) is 17.7 Å². The zero-order chi connectivity index (χ0) is 21.9. The largest absolute Gasteiger partial charge is 0.451 e. The number of ketones is 1. The van der Waals surface area contributed by atoms with Crippen molar-refractivity contribution in [3.05, 3.63) is 46.0 Å². The number of halogens is 3. The van der Waals surface area contributed by atoms with E-state index in [1.807, 2.05) is 0 Å². The Balaban J connectivity index is 1.75. The molecule has 0 aromatic carbocycles. The Morgan fingerprint density at radius 3 is 2.70 bits per heavy atom. The van der Waals surface area contributed by atoms with Gasteiger partial charge in [-0.1, -0.05) is 11.8 Å². The van der Waals surface area contributed by atoms with Gasteiger partial charge in [0.15, 0.2) is 11.4 Å². The number of carbonyl (C=O) groups excluding carboxylic acids is 2. The van der Waals surface area contributed by atoms with Gasteiger partial charge in [-0.15, -0.1) is 11.3 Å². The molecule has 3 rings (SSSR count). The highest BCUT2D eigenvalue weighted by molar-refractivity contribution is 8.00. The average Bonchev–Trinajstić information content (AvgIpc) is 3.18. The zero-order valence-corrected chi connectivity index (χ0v) is 17.1. The molecule has 3 heterocycles. The third kappa shape index (κ3) is 5.12. The van der Waals surface area contributed by atoms with E-state index in [4.69, 9.17) is 5.11 Å². The summed E-state index contributed by atoms with van der Waals surface area (Å²) in [6.07, 6.45) is -3.40. The minimum atomic E-state index is -4.73. The van der Waals surface area contributed by atoms with Gasteiger partial charge in [-0.3, -0.25) is 9.59 Å². The highest BCUT2D eigenvalue weighted by Gasteiger charge is 2.35. The van der Waals surface area contributed by atoms with Crippen molar-refractivity contribution in [3.63, 3.8) is 0 Å². The molecule has 0 spiro atoms. The number of nitrogens with zero attached hydrogens (tertiary/aromatic N) is 4. The summed E-state index contributed by atoms with van der Waals surface area (Å²) in [5.41, 5.74) is -0.0928. The molecule has 0 aliphatic rings. The lowest BCUT2D eigenvalue weighted by atomic mass is 10.3. The maximum atomic E-state index is 13.1. The molecule has 0 aliphatic carbocycles. The van der Waals surface area contributed by atoms with Gasteiger partial charge in [0, 0.05) is 18.1 Å². The van der Waals surface area contributed by atoms with E-state index in [0.717, 1.165) is 16.6 Å². The summed E-state index contributed by atoms with van der Waals surface area (Å²) in [7, 11) is 1.53. The highest BCUT2D eigenvalue weighted by atomic mass is 32.2. The molecule has 0 aliphatic heterocycles. The molecule has 0 atom stereocenters. The normalized spacial score (nSPS) is 11.6. The fourth-order valence-electron chi connectivity index (χ4n) is 2.43. The van der Waals surface area contributed by atoms with E-state index in [1.165, 1.54) is 29.5 Å². The number of hydrogen-bond donors (Lipinski definition) is 1. The van der Waals surface area contributed by atoms with E-state index >= 15 is 0 Å². The van der Waals surface area contributed by atoms with E-state index in [1.54, 1.807) is 24.3 Å². The van der Waals surface area contributed by atoms with E-state index in [-0.39, 0.29) is 28.8 Å². The van der Waals surface area contributed by atoms with Crippen LogP contribution in [0.15, 0.2) is 35.5 Å². The lowest BCUT2D eigenvalue weighted by Crippen LogP contribution is -2.28. The van der Waals surface area contributed by atoms with Crippen LogP contribution in [0.2, 0.25) is 0 Å². The van der Waals surface area contributed by atoms with Crippen molar-refractivity contribution in [3.8, 4) is 0 Å². The Hall–Kier alpha value is -2.57. The van der Waals surface area contributed by atoms with Gasteiger partial charge >= 0.3 is 6.18 Å². The number of aromatic nitrogens is 3. The summed E-state index contributed by atoms with van der Waals surface area (Å²) in [4.78, 5) is 37.3. The van der Waals surface area contributed by atoms with Crippen LogP contribution in [0.3, 0.4) is 0 Å². The Morgan fingerprint density at radius 2 is 2.00 bits per heavy atom. The molecule has 3 aromatic heterocycles. The Morgan fingerprint density at radius 1 is 1.23 bits per heavy atom. The van der Waals surface area contributed by atoms with Crippen molar-refractivity contribution < 1.29 is 27.9 Å². The third-order valence-electron chi connectivity index (χ3n) is 3.92. The minimum absolute atomic E-state index is 0.0267. The molecule has 0 saturated heterocycles. The van der Waals surface area contributed by atoms with Crippen molar-refractivity contribution in [2.75, 3.05) is 19.4 Å². The number of hydrogen-bond acceptors (Lipinski definition) is 8. The number of aliphatic hydroxyl groups is 1. The fourth-order valence-corrected chi connectivity index (χ4v) is 4.41. The SMILES string of the molecule is CN(Cc1ccc(C(=O)CSc2nc(C(F)(F)F)nc3ncccc23)s1)C(=O)CO. The lowest BCUT2D eigenvalue weighted by molar-refractivity contribution is -0.145. The van der Waals surface area contributed by atoms with E-state index in [9.17, 15) is 22.8 Å². The van der Waals surface area contributed by atoms with Gasteiger partial charge in [0.25, 0.3) is 0 Å². The first-order valence-electron chi connectivity index (χ1n) is 8.48. The minimum Gasteiger partial charge on any atom is -0.387 e. The number of rotatable bonds is 7. The molecule has 0 radical (unpaired) electrons. The number of Topliss-reactive ketones (excluding diaryl/α,β-unsaturated/α-hetero) is 1. The number of pyridine rings is 1. The van der Waals surface area contributed by atoms with Gasteiger partial charge < -0.3 is 10.0 Å². The first-order valence-corrected chi connectivity index (χ1v) is 10.3. The van der Waals surface area contributed by atoms with E-state index in [2.05, 4.69) is 15.0 Å². The van der Waals surface area contributed by atoms with Crippen LogP contribution in [0.25, 0.3) is 11.0 Å². The van der Waals surface area contributed by atoms with Crippen molar-refractivity contribution in [1.82, 2.24) is 19.9 Å². The number of thiophene rings is 1. The van der Waals surface area contributed by atoms with E-state index in [0.29, 0.717) is 10.3 Å². The molecular weight excluding hydrogens is 441 g/mol.